The second kappa shape index (κ2) is 21.4. The van der Waals surface area contributed by atoms with E-state index >= 15 is 0 Å². The van der Waals surface area contributed by atoms with Gasteiger partial charge in [0.2, 0.25) is 0 Å². The number of amides is 2. The Labute approximate surface area is 340 Å². The third kappa shape index (κ3) is 10.6. The Balaban J connectivity index is 1.18. The maximum Gasteiger partial charge on any atom is 0.412 e. The summed E-state index contributed by atoms with van der Waals surface area (Å²) in [5, 5.41) is 127. The lowest BCUT2D eigenvalue weighted by molar-refractivity contribution is -0.356. The molecule has 0 spiro atoms. The number of hydrogen-bond acceptors (Lipinski definition) is 24. The molecule has 4 aliphatic heterocycles. The van der Waals surface area contributed by atoms with Crippen molar-refractivity contribution in [2.45, 2.75) is 123 Å². The number of carbonyl (C=O) groups is 2. The van der Waals surface area contributed by atoms with Crippen molar-refractivity contribution in [3.05, 3.63) is 24.3 Å². The van der Waals surface area contributed by atoms with Crippen LogP contribution in [0.4, 0.5) is 21.0 Å². The van der Waals surface area contributed by atoms with E-state index in [0.717, 1.165) is 14.2 Å². The molecule has 4 heterocycles. The van der Waals surface area contributed by atoms with Crippen molar-refractivity contribution in [2.75, 3.05) is 51.3 Å². The number of ether oxygens (including phenoxy) is 10. The molecule has 0 unspecified atom stereocenters. The lowest BCUT2D eigenvalue weighted by Gasteiger charge is -2.46. The number of carbonyl (C=O) groups excluding carboxylic acids is 2. The summed E-state index contributed by atoms with van der Waals surface area (Å²) in [6.45, 7) is -3.07. The van der Waals surface area contributed by atoms with Crippen LogP contribution < -0.4 is 10.6 Å². The van der Waals surface area contributed by atoms with Gasteiger partial charge in [0.25, 0.3) is 0 Å². The number of aliphatic hydroxyl groups excluding tert-OH is 12. The smallest absolute Gasteiger partial charge is 0.412 e. The number of aliphatic hydroxyl groups is 12. The molecule has 4 fully saturated rings. The monoisotopic (exact) mass is 872 g/mol. The van der Waals surface area contributed by atoms with Crippen molar-refractivity contribution in [2.24, 2.45) is 0 Å². The lowest BCUT2D eigenvalue weighted by Crippen LogP contribution is -2.65. The molecule has 1 aromatic rings. The highest BCUT2D eigenvalue weighted by atomic mass is 16.8. The molecule has 0 bridgehead atoms. The quantitative estimate of drug-likeness (QED) is 0.0826. The zero-order valence-corrected chi connectivity index (χ0v) is 32.0. The first-order valence-corrected chi connectivity index (χ1v) is 18.5. The highest BCUT2D eigenvalue weighted by Crippen LogP contribution is 2.33. The molecule has 0 aromatic heterocycles. The summed E-state index contributed by atoms with van der Waals surface area (Å²) < 4.78 is 54.3. The molecule has 1 aromatic carbocycles. The first kappa shape index (κ1) is 48.0. The number of hydrogen-bond donors (Lipinski definition) is 14. The van der Waals surface area contributed by atoms with Gasteiger partial charge >= 0.3 is 12.2 Å². The SMILES string of the molecule is CO[C@@H]1O[C@H](CO)[C@H](O[C@H]2O[C@H](CO)[C@H](O)[C@H](O)[C@H]2O)[C@H](O)[C@H]1OC(=O)Nc1ccc(NC(=O)O[C@H]2[C@H](OC)O[C@H](CO)[C@H](O[C@H]3O[C@H](CO)[C@H](O)[C@H](O)[C@H]3O)[C@@H]2O)cc1. The van der Waals surface area contributed by atoms with E-state index in [2.05, 4.69) is 10.6 Å². The van der Waals surface area contributed by atoms with Gasteiger partial charge in [-0.05, 0) is 24.3 Å². The van der Waals surface area contributed by atoms with Crippen LogP contribution in [0.5, 0.6) is 0 Å². The summed E-state index contributed by atoms with van der Waals surface area (Å²) in [5.41, 5.74) is 0.195. The molecule has 60 heavy (non-hydrogen) atoms. The molecule has 4 aliphatic rings. The topological polar surface area (TPSA) is 393 Å². The molecule has 20 atom stereocenters. The van der Waals surface area contributed by atoms with Gasteiger partial charge in [0, 0.05) is 25.6 Å². The van der Waals surface area contributed by atoms with Gasteiger partial charge in [-0.3, -0.25) is 10.6 Å². The number of anilines is 2. The maximum absolute atomic E-state index is 13.0. The first-order chi connectivity index (χ1) is 28.6. The van der Waals surface area contributed by atoms with Gasteiger partial charge in [0.15, 0.2) is 37.4 Å². The summed E-state index contributed by atoms with van der Waals surface area (Å²) >= 11 is 0. The summed E-state index contributed by atoms with van der Waals surface area (Å²) in [6.07, 6.45) is -34.9. The Kier molecular flexibility index (Phi) is 17.1. The van der Waals surface area contributed by atoms with Crippen molar-refractivity contribution in [3.63, 3.8) is 0 Å². The molecular formula is C34H52N2O24. The molecule has 14 N–H and O–H groups in total. The second-order valence-electron chi connectivity index (χ2n) is 14.1. The summed E-state index contributed by atoms with van der Waals surface area (Å²) in [6, 6.07) is 5.27. The number of methoxy groups -OCH3 is 2. The molecule has 342 valence electrons. The predicted octanol–water partition coefficient (Wildman–Crippen LogP) is -6.66. The average molecular weight is 873 g/mol. The number of benzene rings is 1. The van der Waals surface area contributed by atoms with Crippen LogP contribution >= 0.6 is 0 Å². The minimum atomic E-state index is -1.87. The van der Waals surface area contributed by atoms with E-state index in [4.69, 9.17) is 47.4 Å². The molecule has 2 amide bonds. The van der Waals surface area contributed by atoms with Gasteiger partial charge < -0.3 is 109 Å². The fourth-order valence-electron chi connectivity index (χ4n) is 6.90. The first-order valence-electron chi connectivity index (χ1n) is 18.5. The van der Waals surface area contributed by atoms with Gasteiger partial charge in [0.1, 0.15) is 85.5 Å². The van der Waals surface area contributed by atoms with Crippen LogP contribution in [0.1, 0.15) is 0 Å². The summed E-state index contributed by atoms with van der Waals surface area (Å²) in [5.74, 6) is 0. The Morgan fingerprint density at radius 1 is 0.467 bits per heavy atom. The van der Waals surface area contributed by atoms with Gasteiger partial charge in [0.05, 0.1) is 26.4 Å². The zero-order valence-electron chi connectivity index (χ0n) is 32.0. The molecular weight excluding hydrogens is 820 g/mol. The van der Waals surface area contributed by atoms with E-state index in [9.17, 15) is 70.9 Å². The standard InChI is InChI=1S/C34H52N2O24/c1-51-31-27(23(47)25(15(9-39)55-31)57-29-21(45)19(43)17(41)13(7-37)53-29)59-33(49)35-11-3-5-12(6-4-11)36-34(50)60-28-24(48)26(16(10-40)56-32(28)52-2)58-30-22(46)20(44)18(42)14(8-38)54-30/h3-6,13-32,37-48H,7-10H2,1-2H3,(H,35,49)(H,36,50)/t13-,14-,15-,16-,17+,18+,19+,20+,21-,22-,23+,24+,25+,26+,27-,28-,29-,30-,31-,32-/m1/s1. The fraction of sp³-hybridized carbons (Fsp3) is 0.765. The third-order valence-electron chi connectivity index (χ3n) is 10.2. The molecule has 4 saturated heterocycles. The minimum Gasteiger partial charge on any atom is -0.438 e. The van der Waals surface area contributed by atoms with Gasteiger partial charge in [-0.15, -0.1) is 0 Å². The van der Waals surface area contributed by atoms with Crippen LogP contribution in [0.25, 0.3) is 0 Å². The van der Waals surface area contributed by atoms with Gasteiger partial charge in [-0.1, -0.05) is 0 Å². The maximum atomic E-state index is 13.0. The van der Waals surface area contributed by atoms with E-state index in [1.165, 1.54) is 24.3 Å². The van der Waals surface area contributed by atoms with Crippen molar-refractivity contribution < 1.29 is 118 Å². The molecule has 26 nitrogen and oxygen atoms in total. The van der Waals surface area contributed by atoms with Gasteiger partial charge in [-0.25, -0.2) is 9.59 Å². The minimum absolute atomic E-state index is 0.0974. The summed E-state index contributed by atoms with van der Waals surface area (Å²) in [7, 11) is 2.32. The van der Waals surface area contributed by atoms with Crippen LogP contribution in [0, 0.1) is 0 Å². The van der Waals surface area contributed by atoms with Crippen LogP contribution in [-0.2, 0) is 47.4 Å². The lowest BCUT2D eigenvalue weighted by atomic mass is 9.97. The van der Waals surface area contributed by atoms with E-state index in [0.29, 0.717) is 0 Å². The van der Waals surface area contributed by atoms with Gasteiger partial charge in [-0.2, -0.15) is 0 Å². The normalized spacial score (nSPS) is 42.2. The van der Waals surface area contributed by atoms with E-state index in [1.54, 1.807) is 0 Å². The Morgan fingerprint density at radius 3 is 1.08 bits per heavy atom. The molecule has 0 saturated carbocycles. The van der Waals surface area contributed by atoms with Crippen molar-refractivity contribution in [1.82, 2.24) is 0 Å². The molecule has 0 aliphatic carbocycles. The third-order valence-corrected chi connectivity index (χ3v) is 10.2. The van der Waals surface area contributed by atoms with Crippen molar-refractivity contribution in [3.8, 4) is 0 Å². The van der Waals surface area contributed by atoms with Crippen molar-refractivity contribution >= 4 is 23.6 Å². The average Bonchev–Trinajstić information content (AvgIpc) is 3.24. The molecule has 5 rings (SSSR count). The van der Waals surface area contributed by atoms with E-state index in [1.807, 2.05) is 0 Å². The largest absolute Gasteiger partial charge is 0.438 e. The highest BCUT2D eigenvalue weighted by molar-refractivity contribution is 5.87. The number of rotatable bonds is 14. The van der Waals surface area contributed by atoms with E-state index in [-0.39, 0.29) is 11.4 Å². The van der Waals surface area contributed by atoms with Crippen LogP contribution in [0.2, 0.25) is 0 Å². The van der Waals surface area contributed by atoms with E-state index < -0.39 is 161 Å². The fourth-order valence-corrected chi connectivity index (χ4v) is 6.90. The predicted molar refractivity (Wildman–Crippen MR) is 189 cm³/mol. The second-order valence-corrected chi connectivity index (χ2v) is 14.1. The molecule has 0 radical (unpaired) electrons. The Hall–Kier alpha value is -3.04. The van der Waals surface area contributed by atoms with Crippen LogP contribution in [-0.4, -0.2) is 237 Å². The zero-order chi connectivity index (χ0) is 44.0. The van der Waals surface area contributed by atoms with Crippen LogP contribution in [0.15, 0.2) is 24.3 Å². The van der Waals surface area contributed by atoms with Crippen LogP contribution in [0.3, 0.4) is 0 Å². The Bertz CT molecular complexity index is 1400. The highest BCUT2D eigenvalue weighted by Gasteiger charge is 2.54. The summed E-state index contributed by atoms with van der Waals surface area (Å²) in [4.78, 5) is 26.0. The Morgan fingerprint density at radius 2 is 0.783 bits per heavy atom. The number of nitrogens with one attached hydrogen (secondary N) is 2. The van der Waals surface area contributed by atoms with Crippen molar-refractivity contribution in [1.29, 1.82) is 0 Å². The molecule has 26 heteroatoms.